The monoisotopic (exact) mass is 125 g/mol. The van der Waals surface area contributed by atoms with Crippen LogP contribution in [-0.4, -0.2) is 10.2 Å². The summed E-state index contributed by atoms with van der Waals surface area (Å²) in [7, 11) is 0. The van der Waals surface area contributed by atoms with Crippen molar-refractivity contribution in [3.05, 3.63) is 18.0 Å². The van der Waals surface area contributed by atoms with Gasteiger partial charge in [0.2, 0.25) is 0 Å². The van der Waals surface area contributed by atoms with E-state index in [-0.39, 0.29) is 6.04 Å². The molecule has 0 aliphatic heterocycles. The summed E-state index contributed by atoms with van der Waals surface area (Å²) in [5.74, 6) is 0. The molecule has 1 aromatic heterocycles. The van der Waals surface area contributed by atoms with Crippen LogP contribution >= 0.6 is 0 Å². The summed E-state index contributed by atoms with van der Waals surface area (Å²) in [6.45, 7) is 2.05. The summed E-state index contributed by atoms with van der Waals surface area (Å²) < 4.78 is 0. The number of aromatic amines is 1. The van der Waals surface area contributed by atoms with E-state index in [1.54, 1.807) is 6.20 Å². The molecule has 3 N–H and O–H groups in total. The Kier molecular flexibility index (Phi) is 1.85. The lowest BCUT2D eigenvalue weighted by molar-refractivity contribution is 0.672. The minimum atomic E-state index is 0.118. The Morgan fingerprint density at radius 3 is 3.11 bits per heavy atom. The van der Waals surface area contributed by atoms with Gasteiger partial charge in [0.15, 0.2) is 0 Å². The molecule has 0 bridgehead atoms. The first-order valence-corrected chi connectivity index (χ1v) is 3.09. The van der Waals surface area contributed by atoms with Crippen molar-refractivity contribution < 1.29 is 0 Å². The first kappa shape index (κ1) is 6.29. The zero-order valence-electron chi connectivity index (χ0n) is 5.46. The Labute approximate surface area is 54.3 Å². The fraction of sp³-hybridized carbons (Fsp3) is 0.500. The molecule has 50 valence electrons. The number of nitrogens with zero attached hydrogens (tertiary/aromatic N) is 1. The zero-order valence-corrected chi connectivity index (χ0v) is 5.46. The van der Waals surface area contributed by atoms with E-state index in [1.807, 2.05) is 13.0 Å². The molecular formula is C6H11N3. The maximum atomic E-state index is 5.67. The van der Waals surface area contributed by atoms with E-state index in [0.29, 0.717) is 0 Å². The van der Waals surface area contributed by atoms with Crippen LogP contribution in [0.1, 0.15) is 25.1 Å². The largest absolute Gasteiger partial charge is 0.323 e. The number of hydrogen-bond donors (Lipinski definition) is 2. The Bertz CT molecular complexity index is 157. The molecule has 1 rings (SSSR count). The Morgan fingerprint density at radius 2 is 2.67 bits per heavy atom. The van der Waals surface area contributed by atoms with Crippen LogP contribution < -0.4 is 5.73 Å². The standard InChI is InChI=1S/C6H11N3/c1-2-5(7)6-3-4-8-9-6/h3-5H,2,7H2,1H3,(H,8,9)/t5-/m0/s1. The van der Waals surface area contributed by atoms with Gasteiger partial charge in [-0.15, -0.1) is 0 Å². The highest BCUT2D eigenvalue weighted by atomic mass is 15.1. The Morgan fingerprint density at radius 1 is 1.89 bits per heavy atom. The normalized spacial score (nSPS) is 13.6. The lowest BCUT2D eigenvalue weighted by Crippen LogP contribution is -2.08. The van der Waals surface area contributed by atoms with Crippen LogP contribution in [-0.2, 0) is 0 Å². The van der Waals surface area contributed by atoms with Crippen molar-refractivity contribution in [1.82, 2.24) is 10.2 Å². The second-order valence-electron chi connectivity index (χ2n) is 2.03. The maximum absolute atomic E-state index is 5.67. The van der Waals surface area contributed by atoms with Gasteiger partial charge in [0, 0.05) is 12.2 Å². The van der Waals surface area contributed by atoms with Crippen molar-refractivity contribution in [1.29, 1.82) is 0 Å². The van der Waals surface area contributed by atoms with E-state index >= 15 is 0 Å². The average Bonchev–Trinajstić information content (AvgIpc) is 2.37. The van der Waals surface area contributed by atoms with Crippen molar-refractivity contribution in [3.8, 4) is 0 Å². The Hall–Kier alpha value is -0.830. The Balaban J connectivity index is 2.65. The molecule has 3 nitrogen and oxygen atoms in total. The minimum Gasteiger partial charge on any atom is -0.323 e. The second-order valence-corrected chi connectivity index (χ2v) is 2.03. The van der Waals surface area contributed by atoms with Gasteiger partial charge in [-0.05, 0) is 12.5 Å². The van der Waals surface area contributed by atoms with Gasteiger partial charge in [-0.1, -0.05) is 6.92 Å². The molecule has 0 fully saturated rings. The highest BCUT2D eigenvalue weighted by molar-refractivity contribution is 5.02. The number of H-pyrrole nitrogens is 1. The van der Waals surface area contributed by atoms with Gasteiger partial charge in [0.25, 0.3) is 0 Å². The molecule has 0 aliphatic rings. The van der Waals surface area contributed by atoms with Gasteiger partial charge >= 0.3 is 0 Å². The molecule has 0 spiro atoms. The van der Waals surface area contributed by atoms with Crippen molar-refractivity contribution in [3.63, 3.8) is 0 Å². The van der Waals surface area contributed by atoms with Gasteiger partial charge in [0.1, 0.15) is 0 Å². The third-order valence-electron chi connectivity index (χ3n) is 1.36. The van der Waals surface area contributed by atoms with Crippen LogP contribution in [0.2, 0.25) is 0 Å². The summed E-state index contributed by atoms with van der Waals surface area (Å²) in [4.78, 5) is 0. The van der Waals surface area contributed by atoms with E-state index in [4.69, 9.17) is 5.73 Å². The van der Waals surface area contributed by atoms with Crippen LogP contribution in [0.5, 0.6) is 0 Å². The highest BCUT2D eigenvalue weighted by Crippen LogP contribution is 2.07. The lowest BCUT2D eigenvalue weighted by atomic mass is 10.2. The van der Waals surface area contributed by atoms with E-state index < -0.39 is 0 Å². The number of nitrogens with one attached hydrogen (secondary N) is 1. The maximum Gasteiger partial charge on any atom is 0.0519 e. The summed E-state index contributed by atoms with van der Waals surface area (Å²) in [6.07, 6.45) is 2.66. The molecule has 0 saturated heterocycles. The fourth-order valence-corrected chi connectivity index (χ4v) is 0.693. The lowest BCUT2D eigenvalue weighted by Gasteiger charge is -2.02. The third-order valence-corrected chi connectivity index (χ3v) is 1.36. The van der Waals surface area contributed by atoms with Crippen LogP contribution in [0.25, 0.3) is 0 Å². The predicted octanol–water partition coefficient (Wildman–Crippen LogP) is 0.820. The molecule has 0 aromatic carbocycles. The fourth-order valence-electron chi connectivity index (χ4n) is 0.693. The van der Waals surface area contributed by atoms with Gasteiger partial charge in [-0.2, -0.15) is 5.10 Å². The van der Waals surface area contributed by atoms with E-state index in [0.717, 1.165) is 12.1 Å². The van der Waals surface area contributed by atoms with Gasteiger partial charge < -0.3 is 5.73 Å². The molecule has 0 aliphatic carbocycles. The molecule has 0 radical (unpaired) electrons. The van der Waals surface area contributed by atoms with Gasteiger partial charge in [0.05, 0.1) is 5.69 Å². The first-order chi connectivity index (χ1) is 4.34. The summed E-state index contributed by atoms with van der Waals surface area (Å²) in [5, 5.41) is 6.60. The number of rotatable bonds is 2. The molecule has 9 heavy (non-hydrogen) atoms. The molecule has 0 saturated carbocycles. The molecule has 1 heterocycles. The van der Waals surface area contributed by atoms with Crippen LogP contribution in [0.4, 0.5) is 0 Å². The smallest absolute Gasteiger partial charge is 0.0519 e. The van der Waals surface area contributed by atoms with Crippen molar-refractivity contribution in [2.45, 2.75) is 19.4 Å². The molecule has 1 aromatic rings. The first-order valence-electron chi connectivity index (χ1n) is 3.09. The van der Waals surface area contributed by atoms with E-state index in [2.05, 4.69) is 10.2 Å². The topological polar surface area (TPSA) is 54.7 Å². The average molecular weight is 125 g/mol. The minimum absolute atomic E-state index is 0.118. The quantitative estimate of drug-likeness (QED) is 0.614. The summed E-state index contributed by atoms with van der Waals surface area (Å²) in [5.41, 5.74) is 6.68. The van der Waals surface area contributed by atoms with Crippen LogP contribution in [0.15, 0.2) is 12.3 Å². The van der Waals surface area contributed by atoms with Crippen LogP contribution in [0.3, 0.4) is 0 Å². The number of aromatic nitrogens is 2. The van der Waals surface area contributed by atoms with Crippen molar-refractivity contribution >= 4 is 0 Å². The number of hydrogen-bond acceptors (Lipinski definition) is 2. The second kappa shape index (κ2) is 2.64. The molecule has 1 atom stereocenters. The predicted molar refractivity (Wildman–Crippen MR) is 35.8 cm³/mol. The van der Waals surface area contributed by atoms with Crippen molar-refractivity contribution in [2.75, 3.05) is 0 Å². The SMILES string of the molecule is CC[C@H](N)c1ccn[nH]1. The van der Waals surface area contributed by atoms with E-state index in [1.165, 1.54) is 0 Å². The molecular weight excluding hydrogens is 114 g/mol. The molecule has 3 heteroatoms. The number of nitrogens with two attached hydrogens (primary N) is 1. The summed E-state index contributed by atoms with van der Waals surface area (Å²) >= 11 is 0. The zero-order chi connectivity index (χ0) is 6.69. The van der Waals surface area contributed by atoms with Gasteiger partial charge in [-0.3, -0.25) is 5.10 Å². The highest BCUT2D eigenvalue weighted by Gasteiger charge is 2.01. The molecule has 0 unspecified atom stereocenters. The third kappa shape index (κ3) is 1.29. The molecule has 0 amide bonds. The van der Waals surface area contributed by atoms with E-state index in [9.17, 15) is 0 Å². The van der Waals surface area contributed by atoms with Crippen LogP contribution in [0, 0.1) is 0 Å². The summed E-state index contributed by atoms with van der Waals surface area (Å²) in [6, 6.07) is 2.02. The van der Waals surface area contributed by atoms with Gasteiger partial charge in [-0.25, -0.2) is 0 Å². The van der Waals surface area contributed by atoms with Crippen molar-refractivity contribution in [2.24, 2.45) is 5.73 Å².